The van der Waals surface area contributed by atoms with Gasteiger partial charge in [-0.1, -0.05) is 0 Å². The van der Waals surface area contributed by atoms with Crippen molar-refractivity contribution in [2.24, 2.45) is 5.10 Å². The number of esters is 1. The van der Waals surface area contributed by atoms with Gasteiger partial charge in [0.15, 0.2) is 0 Å². The van der Waals surface area contributed by atoms with Crippen LogP contribution in [0, 0.1) is 10.1 Å². The van der Waals surface area contributed by atoms with E-state index in [9.17, 15) is 14.9 Å². The molecule has 37 heavy (non-hydrogen) atoms. The minimum atomic E-state index is -0.601. The van der Waals surface area contributed by atoms with Crippen molar-refractivity contribution < 1.29 is 14.5 Å². The molecule has 0 amide bonds. The first-order valence-corrected chi connectivity index (χ1v) is 12.2. The van der Waals surface area contributed by atoms with Gasteiger partial charge in [0, 0.05) is 38.3 Å². The highest BCUT2D eigenvalue weighted by Crippen LogP contribution is 2.23. The van der Waals surface area contributed by atoms with Gasteiger partial charge in [0.25, 0.3) is 5.69 Å². The van der Waals surface area contributed by atoms with E-state index in [-0.39, 0.29) is 11.3 Å². The van der Waals surface area contributed by atoms with Gasteiger partial charge in [0.2, 0.25) is 17.8 Å². The predicted molar refractivity (Wildman–Crippen MR) is 138 cm³/mol. The van der Waals surface area contributed by atoms with Crippen LogP contribution in [0.5, 0.6) is 5.75 Å². The molecule has 0 aliphatic carbocycles. The third-order valence-electron chi connectivity index (χ3n) is 6.17. The van der Waals surface area contributed by atoms with E-state index in [0.29, 0.717) is 23.6 Å². The molecule has 190 valence electrons. The number of benzene rings is 2. The van der Waals surface area contributed by atoms with Crippen molar-refractivity contribution in [2.45, 2.75) is 25.7 Å². The fourth-order valence-corrected chi connectivity index (χ4v) is 4.19. The Balaban J connectivity index is 1.22. The smallest absolute Gasteiger partial charge is 0.343 e. The van der Waals surface area contributed by atoms with Crippen molar-refractivity contribution >= 4 is 35.7 Å². The van der Waals surface area contributed by atoms with Gasteiger partial charge in [-0.2, -0.15) is 20.1 Å². The largest absolute Gasteiger partial charge is 0.423 e. The summed E-state index contributed by atoms with van der Waals surface area (Å²) >= 11 is 0. The van der Waals surface area contributed by atoms with E-state index >= 15 is 0 Å². The number of aromatic nitrogens is 3. The molecule has 0 saturated carbocycles. The SMILES string of the molecule is O=C(Oc1ccc(/C=N\Nc2nc(N3CCCC3)nc(N3CCCC3)n2)cc1)c1ccc([N+](=O)[O-])cc1. The number of hydrogen-bond donors (Lipinski definition) is 1. The molecule has 0 unspecified atom stereocenters. The van der Waals surface area contributed by atoms with Crippen molar-refractivity contribution in [3.8, 4) is 5.75 Å². The standard InChI is InChI=1S/C25H26N8O4/c34-22(19-7-9-20(10-8-19)33(35)36)37-21-11-5-18(6-12-21)17-26-30-23-27-24(31-13-1-2-14-31)29-25(28-23)32-15-3-4-16-32/h5-12,17H,1-4,13-16H2,(H,27,28,29,30)/b26-17-. The number of non-ortho nitro benzene ring substituents is 1. The lowest BCUT2D eigenvalue weighted by atomic mass is 10.2. The van der Waals surface area contributed by atoms with E-state index in [0.717, 1.165) is 57.4 Å². The fraction of sp³-hybridized carbons (Fsp3) is 0.320. The second kappa shape index (κ2) is 11.0. The molecule has 3 heterocycles. The summed E-state index contributed by atoms with van der Waals surface area (Å²) < 4.78 is 5.35. The van der Waals surface area contributed by atoms with E-state index in [1.54, 1.807) is 30.5 Å². The zero-order valence-electron chi connectivity index (χ0n) is 20.1. The van der Waals surface area contributed by atoms with Crippen molar-refractivity contribution in [3.63, 3.8) is 0 Å². The third-order valence-corrected chi connectivity index (χ3v) is 6.17. The topological polar surface area (TPSA) is 139 Å². The third kappa shape index (κ3) is 5.97. The summed E-state index contributed by atoms with van der Waals surface area (Å²) in [6, 6.07) is 12.0. The quantitative estimate of drug-likeness (QED) is 0.160. The lowest BCUT2D eigenvalue weighted by Gasteiger charge is -2.20. The minimum Gasteiger partial charge on any atom is -0.423 e. The van der Waals surface area contributed by atoms with Gasteiger partial charge < -0.3 is 14.5 Å². The van der Waals surface area contributed by atoms with E-state index in [1.165, 1.54) is 24.3 Å². The molecule has 0 spiro atoms. The highest BCUT2D eigenvalue weighted by molar-refractivity contribution is 5.91. The molecule has 0 bridgehead atoms. The molecule has 12 nitrogen and oxygen atoms in total. The molecular formula is C25H26N8O4. The number of rotatable bonds is 8. The number of nitro benzene ring substituents is 1. The maximum absolute atomic E-state index is 12.3. The summed E-state index contributed by atoms with van der Waals surface area (Å²) in [6.45, 7) is 3.75. The molecule has 2 aromatic carbocycles. The zero-order valence-corrected chi connectivity index (χ0v) is 20.1. The summed E-state index contributed by atoms with van der Waals surface area (Å²) in [5, 5.41) is 15.0. The Labute approximate surface area is 213 Å². The van der Waals surface area contributed by atoms with Crippen LogP contribution < -0.4 is 20.0 Å². The first kappa shape index (κ1) is 24.1. The second-order valence-electron chi connectivity index (χ2n) is 8.78. The maximum atomic E-state index is 12.3. The number of hydrazone groups is 1. The number of anilines is 3. The first-order valence-electron chi connectivity index (χ1n) is 12.2. The predicted octanol–water partition coefficient (Wildman–Crippen LogP) is 3.65. The van der Waals surface area contributed by atoms with Crippen molar-refractivity contribution in [1.29, 1.82) is 0 Å². The molecule has 1 aromatic heterocycles. The number of ether oxygens (including phenoxy) is 1. The number of nitrogens with zero attached hydrogens (tertiary/aromatic N) is 7. The van der Waals surface area contributed by atoms with Gasteiger partial charge in [0.05, 0.1) is 16.7 Å². The molecule has 1 N–H and O–H groups in total. The van der Waals surface area contributed by atoms with Gasteiger partial charge >= 0.3 is 5.97 Å². The van der Waals surface area contributed by atoms with E-state index in [1.807, 2.05) is 0 Å². The Bertz CT molecular complexity index is 1250. The molecule has 2 aliphatic rings. The summed E-state index contributed by atoms with van der Waals surface area (Å²) in [6.07, 6.45) is 6.14. The van der Waals surface area contributed by atoms with Gasteiger partial charge in [-0.3, -0.25) is 10.1 Å². The van der Waals surface area contributed by atoms with Crippen molar-refractivity contribution in [3.05, 3.63) is 69.8 Å². The molecular weight excluding hydrogens is 476 g/mol. The highest BCUT2D eigenvalue weighted by atomic mass is 16.6. The highest BCUT2D eigenvalue weighted by Gasteiger charge is 2.21. The minimum absolute atomic E-state index is 0.0921. The lowest BCUT2D eigenvalue weighted by molar-refractivity contribution is -0.384. The van der Waals surface area contributed by atoms with Gasteiger partial charge in [0.1, 0.15) is 5.75 Å². The van der Waals surface area contributed by atoms with E-state index in [4.69, 9.17) is 9.72 Å². The van der Waals surface area contributed by atoms with E-state index < -0.39 is 10.9 Å². The average molecular weight is 503 g/mol. The fourth-order valence-electron chi connectivity index (χ4n) is 4.19. The summed E-state index contributed by atoms with van der Waals surface area (Å²) in [4.78, 5) is 40.7. The number of carbonyl (C=O) groups is 1. The second-order valence-corrected chi connectivity index (χ2v) is 8.78. The molecule has 2 fully saturated rings. The van der Waals surface area contributed by atoms with Crippen LogP contribution in [0.3, 0.4) is 0 Å². The van der Waals surface area contributed by atoms with Gasteiger partial charge in [-0.25, -0.2) is 10.2 Å². The summed E-state index contributed by atoms with van der Waals surface area (Å²) in [5.41, 5.74) is 3.83. The summed E-state index contributed by atoms with van der Waals surface area (Å²) in [5.74, 6) is 1.48. The average Bonchev–Trinajstić information content (AvgIpc) is 3.65. The number of hydrogen-bond acceptors (Lipinski definition) is 11. The molecule has 0 atom stereocenters. The Morgan fingerprint density at radius 1 is 0.892 bits per heavy atom. The van der Waals surface area contributed by atoms with Crippen LogP contribution in [0.25, 0.3) is 0 Å². The van der Waals surface area contributed by atoms with Crippen LogP contribution in [0.2, 0.25) is 0 Å². The molecule has 2 aliphatic heterocycles. The van der Waals surface area contributed by atoms with Crippen LogP contribution in [-0.4, -0.2) is 58.2 Å². The van der Waals surface area contributed by atoms with Crippen LogP contribution in [0.4, 0.5) is 23.5 Å². The maximum Gasteiger partial charge on any atom is 0.343 e. The Morgan fingerprint density at radius 3 is 2.00 bits per heavy atom. The summed E-state index contributed by atoms with van der Waals surface area (Å²) in [7, 11) is 0. The zero-order chi connectivity index (χ0) is 25.6. The normalized spacial score (nSPS) is 15.4. The monoisotopic (exact) mass is 502 g/mol. The first-order chi connectivity index (χ1) is 18.0. The molecule has 5 rings (SSSR count). The molecule has 12 heteroatoms. The van der Waals surface area contributed by atoms with Crippen LogP contribution >= 0.6 is 0 Å². The van der Waals surface area contributed by atoms with E-state index in [2.05, 4.69) is 30.3 Å². The van der Waals surface area contributed by atoms with Crippen molar-refractivity contribution in [2.75, 3.05) is 41.4 Å². The molecule has 0 radical (unpaired) electrons. The van der Waals surface area contributed by atoms with Crippen LogP contribution in [0.1, 0.15) is 41.6 Å². The van der Waals surface area contributed by atoms with Gasteiger partial charge in [-0.15, -0.1) is 0 Å². The Kier molecular flexibility index (Phi) is 7.15. The number of nitrogens with one attached hydrogen (secondary N) is 1. The number of carbonyl (C=O) groups excluding carboxylic acids is 1. The lowest BCUT2D eigenvalue weighted by Crippen LogP contribution is -2.25. The molecule has 2 saturated heterocycles. The van der Waals surface area contributed by atoms with Crippen molar-refractivity contribution in [1.82, 2.24) is 15.0 Å². The molecule has 3 aromatic rings. The Hall–Kier alpha value is -4.61. The van der Waals surface area contributed by atoms with Crippen LogP contribution in [-0.2, 0) is 0 Å². The van der Waals surface area contributed by atoms with Crippen LogP contribution in [0.15, 0.2) is 53.6 Å². The van der Waals surface area contributed by atoms with Gasteiger partial charge in [-0.05, 0) is 67.6 Å². The Morgan fingerprint density at radius 2 is 1.46 bits per heavy atom. The number of nitro groups is 1.